The van der Waals surface area contributed by atoms with Crippen LogP contribution in [0.5, 0.6) is 5.75 Å². The Labute approximate surface area is 159 Å². The Morgan fingerprint density at radius 1 is 1.11 bits per heavy atom. The highest BCUT2D eigenvalue weighted by Gasteiger charge is 2.26. The molecule has 1 aliphatic heterocycles. The zero-order chi connectivity index (χ0) is 19.2. The van der Waals surface area contributed by atoms with Crippen molar-refractivity contribution in [3.8, 4) is 5.75 Å². The molecular formula is C22H25FO4. The van der Waals surface area contributed by atoms with E-state index in [2.05, 4.69) is 13.8 Å². The van der Waals surface area contributed by atoms with E-state index < -0.39 is 18.1 Å². The molecule has 0 unspecified atom stereocenters. The number of aryl methyl sites for hydroxylation is 1. The van der Waals surface area contributed by atoms with Gasteiger partial charge in [-0.15, -0.1) is 0 Å². The lowest BCUT2D eigenvalue weighted by Crippen LogP contribution is -2.27. The van der Waals surface area contributed by atoms with E-state index in [-0.39, 0.29) is 5.56 Å². The highest BCUT2D eigenvalue weighted by molar-refractivity contribution is 5.91. The quantitative estimate of drug-likeness (QED) is 0.525. The molecule has 2 aromatic rings. The van der Waals surface area contributed by atoms with E-state index >= 15 is 0 Å². The Morgan fingerprint density at radius 2 is 1.81 bits per heavy atom. The number of benzene rings is 2. The maximum Gasteiger partial charge on any atom is 0.343 e. The zero-order valence-electron chi connectivity index (χ0n) is 15.7. The molecule has 0 atom stereocenters. The summed E-state index contributed by atoms with van der Waals surface area (Å²) in [7, 11) is 0. The van der Waals surface area contributed by atoms with Gasteiger partial charge in [0.1, 0.15) is 11.6 Å². The average molecular weight is 372 g/mol. The molecule has 0 aromatic heterocycles. The number of rotatable bonds is 6. The molecule has 1 saturated heterocycles. The summed E-state index contributed by atoms with van der Waals surface area (Å²) in [6.07, 6.45) is 2.27. The average Bonchev–Trinajstić information content (AvgIpc) is 2.69. The molecule has 5 heteroatoms. The molecular weight excluding hydrogens is 347 g/mol. The molecule has 1 heterocycles. The van der Waals surface area contributed by atoms with Crippen LogP contribution in [0.1, 0.15) is 54.5 Å². The van der Waals surface area contributed by atoms with E-state index in [1.807, 2.05) is 12.1 Å². The summed E-state index contributed by atoms with van der Waals surface area (Å²) in [6, 6.07) is 11.5. The third kappa shape index (κ3) is 4.93. The van der Waals surface area contributed by atoms with Crippen molar-refractivity contribution >= 4 is 5.97 Å². The van der Waals surface area contributed by atoms with E-state index in [4.69, 9.17) is 14.2 Å². The van der Waals surface area contributed by atoms with Gasteiger partial charge in [0.25, 0.3) is 0 Å². The van der Waals surface area contributed by atoms with Crippen LogP contribution in [-0.4, -0.2) is 19.2 Å². The van der Waals surface area contributed by atoms with Crippen molar-refractivity contribution in [1.29, 1.82) is 0 Å². The lowest BCUT2D eigenvalue weighted by atomic mass is 10.0. The normalized spacial score (nSPS) is 19.7. The fourth-order valence-electron chi connectivity index (χ4n) is 3.10. The van der Waals surface area contributed by atoms with Crippen molar-refractivity contribution in [2.45, 2.75) is 39.4 Å². The first-order chi connectivity index (χ1) is 13.1. The first-order valence-electron chi connectivity index (χ1n) is 9.44. The molecule has 0 radical (unpaired) electrons. The van der Waals surface area contributed by atoms with E-state index in [1.165, 1.54) is 18.2 Å². The van der Waals surface area contributed by atoms with Crippen LogP contribution in [-0.2, 0) is 15.9 Å². The van der Waals surface area contributed by atoms with Crippen LogP contribution in [0, 0.1) is 11.7 Å². The summed E-state index contributed by atoms with van der Waals surface area (Å²) in [5, 5.41) is 0. The monoisotopic (exact) mass is 372 g/mol. The van der Waals surface area contributed by atoms with Crippen molar-refractivity contribution in [3.63, 3.8) is 0 Å². The molecule has 0 bridgehead atoms. The SMILES string of the molecule is CCCC1COC(c2ccc(C(=O)Oc3ccc(CC)cc3)cc2F)OC1. The molecule has 0 aliphatic carbocycles. The first kappa shape index (κ1) is 19.5. The summed E-state index contributed by atoms with van der Waals surface area (Å²) in [4.78, 5) is 12.3. The summed E-state index contributed by atoms with van der Waals surface area (Å²) < 4.78 is 31.1. The number of esters is 1. The van der Waals surface area contributed by atoms with E-state index in [9.17, 15) is 9.18 Å². The van der Waals surface area contributed by atoms with Crippen molar-refractivity contribution in [3.05, 3.63) is 65.0 Å². The molecule has 0 spiro atoms. The number of halogens is 1. The Morgan fingerprint density at radius 3 is 2.41 bits per heavy atom. The second-order valence-electron chi connectivity index (χ2n) is 6.78. The van der Waals surface area contributed by atoms with Gasteiger partial charge in [0.15, 0.2) is 6.29 Å². The third-order valence-corrected chi connectivity index (χ3v) is 4.70. The van der Waals surface area contributed by atoms with Gasteiger partial charge in [0.2, 0.25) is 0 Å². The van der Waals surface area contributed by atoms with Crippen LogP contribution in [0.2, 0.25) is 0 Å². The van der Waals surface area contributed by atoms with E-state index in [1.54, 1.807) is 12.1 Å². The van der Waals surface area contributed by atoms with Crippen LogP contribution >= 0.6 is 0 Å². The van der Waals surface area contributed by atoms with Gasteiger partial charge in [0.05, 0.1) is 18.8 Å². The fraction of sp³-hybridized carbons (Fsp3) is 0.409. The number of ether oxygens (including phenoxy) is 3. The zero-order valence-corrected chi connectivity index (χ0v) is 15.7. The second kappa shape index (κ2) is 9.11. The van der Waals surface area contributed by atoms with Crippen molar-refractivity contribution in [1.82, 2.24) is 0 Å². The summed E-state index contributed by atoms with van der Waals surface area (Å²) >= 11 is 0. The number of carbonyl (C=O) groups is 1. The molecule has 1 fully saturated rings. The van der Waals surface area contributed by atoms with Gasteiger partial charge in [-0.2, -0.15) is 0 Å². The minimum Gasteiger partial charge on any atom is -0.423 e. The highest BCUT2D eigenvalue weighted by Crippen LogP contribution is 2.29. The Balaban J connectivity index is 1.64. The molecule has 144 valence electrons. The molecule has 3 rings (SSSR count). The van der Waals surface area contributed by atoms with Gasteiger partial charge in [-0.3, -0.25) is 0 Å². The van der Waals surface area contributed by atoms with E-state index in [0.717, 1.165) is 24.8 Å². The smallest absolute Gasteiger partial charge is 0.343 e. The van der Waals surface area contributed by atoms with Gasteiger partial charge >= 0.3 is 5.97 Å². The Hall–Kier alpha value is -2.24. The summed E-state index contributed by atoms with van der Waals surface area (Å²) in [5.74, 6) is -0.354. The topological polar surface area (TPSA) is 44.8 Å². The Bertz CT molecular complexity index is 764. The van der Waals surface area contributed by atoms with Crippen LogP contribution < -0.4 is 4.74 Å². The van der Waals surface area contributed by atoms with Crippen molar-refractivity contribution < 1.29 is 23.4 Å². The van der Waals surface area contributed by atoms with Gasteiger partial charge in [-0.25, -0.2) is 9.18 Å². The maximum atomic E-state index is 14.5. The predicted octanol–water partition coefficient (Wildman–Crippen LogP) is 5.07. The van der Waals surface area contributed by atoms with Crippen LogP contribution in [0.25, 0.3) is 0 Å². The molecule has 0 N–H and O–H groups in total. The van der Waals surface area contributed by atoms with Gasteiger partial charge in [-0.05, 0) is 42.7 Å². The van der Waals surface area contributed by atoms with Gasteiger partial charge in [-0.1, -0.05) is 38.5 Å². The van der Waals surface area contributed by atoms with Crippen molar-refractivity contribution in [2.24, 2.45) is 5.92 Å². The van der Waals surface area contributed by atoms with Crippen molar-refractivity contribution in [2.75, 3.05) is 13.2 Å². The van der Waals surface area contributed by atoms with Gasteiger partial charge in [0, 0.05) is 11.5 Å². The fourth-order valence-corrected chi connectivity index (χ4v) is 3.10. The molecule has 2 aromatic carbocycles. The summed E-state index contributed by atoms with van der Waals surface area (Å²) in [5.41, 5.74) is 1.60. The van der Waals surface area contributed by atoms with Crippen LogP contribution in [0.15, 0.2) is 42.5 Å². The minimum atomic E-state index is -0.732. The lowest BCUT2D eigenvalue weighted by Gasteiger charge is -2.29. The summed E-state index contributed by atoms with van der Waals surface area (Å²) in [6.45, 7) is 5.27. The first-order valence-corrected chi connectivity index (χ1v) is 9.44. The minimum absolute atomic E-state index is 0.149. The predicted molar refractivity (Wildman–Crippen MR) is 100 cm³/mol. The Kier molecular flexibility index (Phi) is 6.58. The highest BCUT2D eigenvalue weighted by atomic mass is 19.1. The number of hydrogen-bond donors (Lipinski definition) is 0. The van der Waals surface area contributed by atoms with Crippen LogP contribution in [0.4, 0.5) is 4.39 Å². The maximum absolute atomic E-state index is 14.5. The molecule has 0 saturated carbocycles. The largest absolute Gasteiger partial charge is 0.423 e. The standard InChI is InChI=1S/C22H25FO4/c1-3-5-16-13-25-22(26-14-16)19-11-8-17(12-20(19)23)21(24)27-18-9-6-15(4-2)7-10-18/h6-12,16,22H,3-5,13-14H2,1-2H3. The van der Waals surface area contributed by atoms with Gasteiger partial charge < -0.3 is 14.2 Å². The molecule has 0 amide bonds. The van der Waals surface area contributed by atoms with Crippen LogP contribution in [0.3, 0.4) is 0 Å². The third-order valence-electron chi connectivity index (χ3n) is 4.70. The number of carbonyl (C=O) groups excluding carboxylic acids is 1. The van der Waals surface area contributed by atoms with E-state index in [0.29, 0.717) is 30.4 Å². The number of hydrogen-bond acceptors (Lipinski definition) is 4. The molecule has 4 nitrogen and oxygen atoms in total. The lowest BCUT2D eigenvalue weighted by molar-refractivity contribution is -0.207. The molecule has 1 aliphatic rings. The molecule has 27 heavy (non-hydrogen) atoms. The second-order valence-corrected chi connectivity index (χ2v) is 6.78.